The molecule has 2 aromatic rings. The number of aliphatic hydroxyl groups is 1. The molecule has 2 N–H and O–H groups in total. The Morgan fingerprint density at radius 1 is 1.29 bits per heavy atom. The summed E-state index contributed by atoms with van der Waals surface area (Å²) in [7, 11) is 1.90. The molecule has 1 unspecified atom stereocenters. The van der Waals surface area contributed by atoms with E-state index in [1.807, 2.05) is 25.2 Å². The van der Waals surface area contributed by atoms with E-state index in [1.165, 1.54) is 0 Å². The van der Waals surface area contributed by atoms with Crippen molar-refractivity contribution in [2.24, 2.45) is 0 Å². The fourth-order valence-electron chi connectivity index (χ4n) is 2.93. The van der Waals surface area contributed by atoms with Crippen LogP contribution in [0.25, 0.3) is 0 Å². The standard InChI is InChI=1S/C15H21N5O/c1-16-15(11-21,13-5-3-2-4-6-13)10-19-7-8-20-12-17-18-14(20)9-19/h2-6,12,16,21H,7-11H2,1H3. The van der Waals surface area contributed by atoms with E-state index in [0.717, 1.165) is 37.6 Å². The zero-order chi connectivity index (χ0) is 14.7. The van der Waals surface area contributed by atoms with Crippen LogP contribution in [0.1, 0.15) is 11.4 Å². The topological polar surface area (TPSA) is 66.2 Å². The molecule has 3 rings (SSSR count). The maximum atomic E-state index is 9.99. The summed E-state index contributed by atoms with van der Waals surface area (Å²) < 4.78 is 2.08. The van der Waals surface area contributed by atoms with Crippen LogP contribution in [0.3, 0.4) is 0 Å². The molecule has 21 heavy (non-hydrogen) atoms. The van der Waals surface area contributed by atoms with Gasteiger partial charge in [-0.2, -0.15) is 0 Å². The summed E-state index contributed by atoms with van der Waals surface area (Å²) in [6, 6.07) is 10.1. The highest BCUT2D eigenvalue weighted by Crippen LogP contribution is 2.23. The van der Waals surface area contributed by atoms with Crippen LogP contribution in [-0.2, 0) is 18.6 Å². The van der Waals surface area contributed by atoms with Crippen LogP contribution in [0.4, 0.5) is 0 Å². The SMILES string of the molecule is CNC(CO)(CN1CCn2cnnc2C1)c1ccccc1. The van der Waals surface area contributed by atoms with Crippen LogP contribution < -0.4 is 5.32 Å². The number of aromatic nitrogens is 3. The molecule has 0 bridgehead atoms. The van der Waals surface area contributed by atoms with Crippen molar-refractivity contribution in [2.75, 3.05) is 26.7 Å². The van der Waals surface area contributed by atoms with Gasteiger partial charge >= 0.3 is 0 Å². The van der Waals surface area contributed by atoms with Gasteiger partial charge in [0.2, 0.25) is 0 Å². The lowest BCUT2D eigenvalue weighted by Gasteiger charge is -2.38. The second-order valence-electron chi connectivity index (χ2n) is 5.51. The molecule has 0 radical (unpaired) electrons. The summed E-state index contributed by atoms with van der Waals surface area (Å²) in [5.41, 5.74) is 0.644. The monoisotopic (exact) mass is 287 g/mol. The smallest absolute Gasteiger partial charge is 0.147 e. The molecule has 0 spiro atoms. The average molecular weight is 287 g/mol. The Kier molecular flexibility index (Phi) is 4.01. The first kappa shape index (κ1) is 14.2. The number of hydrogen-bond donors (Lipinski definition) is 2. The van der Waals surface area contributed by atoms with E-state index in [2.05, 4.69) is 37.1 Å². The molecule has 1 aliphatic rings. The van der Waals surface area contributed by atoms with Crippen LogP contribution in [0, 0.1) is 0 Å². The number of aliphatic hydroxyl groups excluding tert-OH is 1. The number of rotatable bonds is 5. The van der Waals surface area contributed by atoms with Crippen molar-refractivity contribution in [3.8, 4) is 0 Å². The van der Waals surface area contributed by atoms with Crippen LogP contribution in [0.5, 0.6) is 0 Å². The first-order valence-electron chi connectivity index (χ1n) is 7.22. The van der Waals surface area contributed by atoms with Gasteiger partial charge in [-0.25, -0.2) is 0 Å². The Hall–Kier alpha value is -1.76. The van der Waals surface area contributed by atoms with Crippen molar-refractivity contribution in [3.63, 3.8) is 0 Å². The number of benzene rings is 1. The summed E-state index contributed by atoms with van der Waals surface area (Å²) in [6.45, 7) is 3.37. The fraction of sp³-hybridized carbons (Fsp3) is 0.467. The zero-order valence-electron chi connectivity index (χ0n) is 12.2. The van der Waals surface area contributed by atoms with E-state index >= 15 is 0 Å². The fourth-order valence-corrected chi connectivity index (χ4v) is 2.93. The normalized spacial score (nSPS) is 18.2. The predicted octanol–water partition coefficient (Wildman–Crippen LogP) is 0.201. The lowest BCUT2D eigenvalue weighted by molar-refractivity contribution is 0.0964. The second kappa shape index (κ2) is 5.93. The number of nitrogens with one attached hydrogen (secondary N) is 1. The third kappa shape index (κ3) is 2.70. The van der Waals surface area contributed by atoms with Gasteiger partial charge in [-0.05, 0) is 12.6 Å². The van der Waals surface area contributed by atoms with Gasteiger partial charge in [0.1, 0.15) is 12.2 Å². The van der Waals surface area contributed by atoms with Gasteiger partial charge < -0.3 is 15.0 Å². The Morgan fingerprint density at radius 3 is 2.81 bits per heavy atom. The van der Waals surface area contributed by atoms with Crippen LogP contribution in [-0.4, -0.2) is 51.5 Å². The third-order valence-corrected chi connectivity index (χ3v) is 4.29. The maximum Gasteiger partial charge on any atom is 0.147 e. The van der Waals surface area contributed by atoms with Crippen molar-refractivity contribution in [2.45, 2.75) is 18.6 Å². The summed E-state index contributed by atoms with van der Waals surface area (Å²) in [5, 5.41) is 21.4. The summed E-state index contributed by atoms with van der Waals surface area (Å²) in [5.74, 6) is 0.984. The van der Waals surface area contributed by atoms with Gasteiger partial charge in [0, 0.05) is 19.6 Å². The second-order valence-corrected chi connectivity index (χ2v) is 5.51. The Balaban J connectivity index is 1.80. The van der Waals surface area contributed by atoms with Gasteiger partial charge in [0.05, 0.1) is 18.7 Å². The van der Waals surface area contributed by atoms with Crippen LogP contribution >= 0.6 is 0 Å². The highest BCUT2D eigenvalue weighted by atomic mass is 16.3. The van der Waals surface area contributed by atoms with Crippen molar-refractivity contribution < 1.29 is 5.11 Å². The first-order chi connectivity index (χ1) is 10.3. The van der Waals surface area contributed by atoms with Crippen molar-refractivity contribution in [1.82, 2.24) is 25.0 Å². The van der Waals surface area contributed by atoms with E-state index in [0.29, 0.717) is 0 Å². The number of hydrogen-bond acceptors (Lipinski definition) is 5. The molecule has 2 heterocycles. The maximum absolute atomic E-state index is 9.99. The van der Waals surface area contributed by atoms with Gasteiger partial charge in [0.15, 0.2) is 0 Å². The van der Waals surface area contributed by atoms with Gasteiger partial charge in [-0.15, -0.1) is 10.2 Å². The van der Waals surface area contributed by atoms with E-state index in [1.54, 1.807) is 6.33 Å². The third-order valence-electron chi connectivity index (χ3n) is 4.29. The van der Waals surface area contributed by atoms with Crippen molar-refractivity contribution in [3.05, 3.63) is 48.0 Å². The molecule has 1 atom stereocenters. The molecule has 6 heteroatoms. The molecule has 112 valence electrons. The van der Waals surface area contributed by atoms with Crippen LogP contribution in [0.2, 0.25) is 0 Å². The quantitative estimate of drug-likeness (QED) is 0.822. The first-order valence-corrected chi connectivity index (χ1v) is 7.22. The molecule has 6 nitrogen and oxygen atoms in total. The molecule has 1 aliphatic heterocycles. The molecule has 0 saturated carbocycles. The lowest BCUT2D eigenvalue weighted by Crippen LogP contribution is -2.53. The van der Waals surface area contributed by atoms with E-state index in [-0.39, 0.29) is 6.61 Å². The van der Waals surface area contributed by atoms with E-state index in [9.17, 15) is 5.11 Å². The predicted molar refractivity (Wildman–Crippen MR) is 79.6 cm³/mol. The van der Waals surface area contributed by atoms with Crippen molar-refractivity contribution >= 4 is 0 Å². The zero-order valence-corrected chi connectivity index (χ0v) is 12.2. The average Bonchev–Trinajstić information content (AvgIpc) is 3.01. The highest BCUT2D eigenvalue weighted by Gasteiger charge is 2.33. The number of nitrogens with zero attached hydrogens (tertiary/aromatic N) is 4. The summed E-state index contributed by atoms with van der Waals surface area (Å²) >= 11 is 0. The van der Waals surface area contributed by atoms with Crippen LogP contribution in [0.15, 0.2) is 36.7 Å². The molecule has 0 saturated heterocycles. The molecule has 0 fully saturated rings. The number of likely N-dealkylation sites (N-methyl/N-ethyl adjacent to an activating group) is 1. The van der Waals surface area contributed by atoms with Gasteiger partial charge in [-0.1, -0.05) is 30.3 Å². The Bertz CT molecular complexity index is 579. The Labute approximate surface area is 124 Å². The molecule has 1 aromatic carbocycles. The van der Waals surface area contributed by atoms with E-state index < -0.39 is 5.54 Å². The molecular weight excluding hydrogens is 266 g/mol. The highest BCUT2D eigenvalue weighted by molar-refractivity contribution is 5.25. The van der Waals surface area contributed by atoms with Gasteiger partial charge in [0.25, 0.3) is 0 Å². The van der Waals surface area contributed by atoms with E-state index in [4.69, 9.17) is 0 Å². The molecule has 0 amide bonds. The minimum atomic E-state index is -0.455. The summed E-state index contributed by atoms with van der Waals surface area (Å²) in [4.78, 5) is 2.31. The van der Waals surface area contributed by atoms with Crippen molar-refractivity contribution in [1.29, 1.82) is 0 Å². The minimum Gasteiger partial charge on any atom is -0.394 e. The largest absolute Gasteiger partial charge is 0.394 e. The number of fused-ring (bicyclic) bond motifs is 1. The molecule has 0 aliphatic carbocycles. The molecule has 1 aromatic heterocycles. The minimum absolute atomic E-state index is 0.0523. The molecular formula is C15H21N5O. The summed E-state index contributed by atoms with van der Waals surface area (Å²) in [6.07, 6.45) is 1.78. The van der Waals surface area contributed by atoms with Gasteiger partial charge in [-0.3, -0.25) is 4.90 Å². The Morgan fingerprint density at radius 2 is 2.10 bits per heavy atom. The lowest BCUT2D eigenvalue weighted by atomic mass is 9.90.